The number of nitrogens with zero attached hydrogens (tertiary/aromatic N) is 5. The van der Waals surface area contributed by atoms with Crippen molar-refractivity contribution < 1.29 is 70.8 Å². The summed E-state index contributed by atoms with van der Waals surface area (Å²) in [6, 6.07) is 2.44. The molecule has 0 aliphatic carbocycles. The molecule has 2 unspecified atom stereocenters. The molecule has 4 aliphatic rings. The van der Waals surface area contributed by atoms with Crippen LogP contribution in [0, 0.1) is 5.92 Å². The number of carbonyl (C=O) groups is 7. The maximum absolute atomic E-state index is 14.3. The van der Waals surface area contributed by atoms with E-state index in [1.807, 2.05) is 13.0 Å². The van der Waals surface area contributed by atoms with Gasteiger partial charge in [0.25, 0.3) is 15.9 Å². The monoisotopic (exact) mass is 1140 g/mol. The van der Waals surface area contributed by atoms with Crippen LogP contribution in [0.15, 0.2) is 46.4 Å². The van der Waals surface area contributed by atoms with E-state index in [0.29, 0.717) is 61.7 Å². The molecule has 1 aromatic carbocycles. The van der Waals surface area contributed by atoms with Gasteiger partial charge in [0.2, 0.25) is 23.6 Å². The second kappa shape index (κ2) is 26.6. The predicted molar refractivity (Wildman–Crippen MR) is 286 cm³/mol. The third-order valence-corrected chi connectivity index (χ3v) is 18.0. The molecule has 4 heterocycles. The molecular weight excluding hydrogens is 1070 g/mol. The minimum atomic E-state index is -3.97. The van der Waals surface area contributed by atoms with Gasteiger partial charge in [-0.25, -0.2) is 22.3 Å². The van der Waals surface area contributed by atoms with Crippen LogP contribution in [0.1, 0.15) is 84.6 Å². The number of carbonyl (C=O) groups excluding carboxylic acids is 7. The normalized spacial score (nSPS) is 26.9. The summed E-state index contributed by atoms with van der Waals surface area (Å²) in [5, 5.41) is 14.5. The summed E-state index contributed by atoms with van der Waals surface area (Å²) < 4.78 is 53.8. The van der Waals surface area contributed by atoms with E-state index in [4.69, 9.17) is 46.9 Å². The Kier molecular flexibility index (Phi) is 21.7. The highest BCUT2D eigenvalue weighted by Gasteiger charge is 2.64. The van der Waals surface area contributed by atoms with Crippen LogP contribution in [0.2, 0.25) is 5.02 Å². The van der Waals surface area contributed by atoms with Crippen LogP contribution >= 0.6 is 35.0 Å². The fourth-order valence-corrected chi connectivity index (χ4v) is 11.8. The summed E-state index contributed by atoms with van der Waals surface area (Å²) in [4.78, 5) is 98.0. The molecule has 4 bridgehead atoms. The zero-order valence-corrected chi connectivity index (χ0v) is 47.9. The van der Waals surface area contributed by atoms with Gasteiger partial charge in [0.15, 0.2) is 10.1 Å². The number of allylic oxidation sites excluding steroid dienone is 3. The second-order valence-electron chi connectivity index (χ2n) is 19.8. The van der Waals surface area contributed by atoms with Gasteiger partial charge in [-0.2, -0.15) is 11.8 Å². The number of nitrogens with one attached hydrogen (secondary N) is 1. The fraction of sp³-hybridized carbons (Fsp3) is 0.627. The number of anilines is 1. The summed E-state index contributed by atoms with van der Waals surface area (Å²) in [6.07, 6.45) is 3.13. The average Bonchev–Trinajstić information content (AvgIpc) is 4.02. The molecule has 0 spiro atoms. The van der Waals surface area contributed by atoms with E-state index in [9.17, 15) is 47.1 Å². The van der Waals surface area contributed by atoms with Crippen molar-refractivity contribution >= 4 is 92.3 Å². The number of sulfonamides is 1. The number of ether oxygens (including phenoxy) is 5. The number of alkyl carbamates (subject to hydrolysis) is 1. The second-order valence-corrected chi connectivity index (χ2v) is 23.9. The van der Waals surface area contributed by atoms with Gasteiger partial charge >= 0.3 is 12.1 Å². The van der Waals surface area contributed by atoms with E-state index in [1.165, 1.54) is 59.6 Å². The van der Waals surface area contributed by atoms with E-state index < -0.39 is 86.0 Å². The van der Waals surface area contributed by atoms with Crippen molar-refractivity contribution in [2.24, 2.45) is 5.92 Å². The average molecular weight is 1140 g/mol. The number of hydrogen-bond acceptors (Lipinski definition) is 16. The molecule has 6 amide bonds. The number of fused-ring (bicyclic) bond motifs is 5. The summed E-state index contributed by atoms with van der Waals surface area (Å²) in [7, 11) is 5.21. The molecule has 1 aromatic rings. The Morgan fingerprint density at radius 1 is 0.987 bits per heavy atom. The highest BCUT2D eigenvalue weighted by atomic mass is 35.5. The number of halogens is 2. The standard InChI is InChI=1S/C51H72Cl2N6O15S2/c1-31-15-14-16-38(71-10)51(67)30-37(72-49(66)54-51)32(2)47-50(4,74-47)39(28-44(63)58(8)35-26-34(25-31)27-36(70-9)46(35)53)73-48(65)33(3)57(7)43(62)19-24-75-23-18-42(61)56(6)22-21-55(5)41(60)17-12-11-13-20-59-45(64)29-40(52)76(59,68)69/h14-16,26-27,29,32-33,37-39,47,67H,11-13,17-25,28,30H2,1-10H3,(H,54,66)/b16-14+,31-15+/t32-,33+,37?,38-,39+,47+,50+,51?/m1/s1. The Morgan fingerprint density at radius 2 is 1.63 bits per heavy atom. The number of thioether (sulfide) groups is 1. The van der Waals surface area contributed by atoms with E-state index in [2.05, 4.69) is 5.32 Å². The molecule has 4 aliphatic heterocycles. The zero-order chi connectivity index (χ0) is 56.4. The molecule has 0 aromatic heterocycles. The van der Waals surface area contributed by atoms with Crippen molar-refractivity contribution in [3.8, 4) is 5.75 Å². The number of rotatable bonds is 20. The van der Waals surface area contributed by atoms with E-state index >= 15 is 0 Å². The number of amides is 6. The van der Waals surface area contributed by atoms with Gasteiger partial charge in [-0.15, -0.1) is 0 Å². The Balaban J connectivity index is 1.15. The summed E-state index contributed by atoms with van der Waals surface area (Å²) in [5.41, 5.74) is -1.16. The highest BCUT2D eigenvalue weighted by molar-refractivity contribution is 7.99. The number of benzene rings is 1. The first-order valence-electron chi connectivity index (χ1n) is 25.0. The van der Waals surface area contributed by atoms with Crippen LogP contribution in [-0.4, -0.2) is 189 Å². The molecule has 25 heteroatoms. The number of unbranched alkanes of at least 4 members (excludes halogenated alkanes) is 2. The third-order valence-electron chi connectivity index (χ3n) is 14.3. The topological polar surface area (TPSA) is 252 Å². The first-order chi connectivity index (χ1) is 35.7. The number of methoxy groups -OCH3 is 2. The molecule has 76 heavy (non-hydrogen) atoms. The fourth-order valence-electron chi connectivity index (χ4n) is 9.15. The number of epoxide rings is 1. The zero-order valence-electron chi connectivity index (χ0n) is 44.8. The minimum Gasteiger partial charge on any atom is -0.495 e. The van der Waals surface area contributed by atoms with Crippen LogP contribution < -0.4 is 15.0 Å². The van der Waals surface area contributed by atoms with Gasteiger partial charge in [-0.1, -0.05) is 60.3 Å². The molecule has 21 nitrogen and oxygen atoms in total. The maximum Gasteiger partial charge on any atom is 0.409 e. The predicted octanol–water partition coefficient (Wildman–Crippen LogP) is 4.76. The largest absolute Gasteiger partial charge is 0.495 e. The molecule has 5 rings (SSSR count). The number of hydrogen-bond donors (Lipinski definition) is 2. The van der Waals surface area contributed by atoms with Gasteiger partial charge < -0.3 is 48.4 Å². The third kappa shape index (κ3) is 15.2. The first kappa shape index (κ1) is 61.9. The number of aliphatic hydroxyl groups is 1. The van der Waals surface area contributed by atoms with Crippen molar-refractivity contribution in [3.05, 3.63) is 57.0 Å². The van der Waals surface area contributed by atoms with Crippen LogP contribution in [0.5, 0.6) is 5.75 Å². The Morgan fingerprint density at radius 3 is 2.25 bits per heavy atom. The lowest BCUT2D eigenvalue weighted by molar-refractivity contribution is -0.162. The lowest BCUT2D eigenvalue weighted by Crippen LogP contribution is -2.63. The lowest BCUT2D eigenvalue weighted by Gasteiger charge is -2.42. The Labute approximate surface area is 459 Å². The Bertz CT molecular complexity index is 2570. The minimum absolute atomic E-state index is 0.0231. The Hall–Kier alpha value is -4.91. The van der Waals surface area contributed by atoms with E-state index in [1.54, 1.807) is 59.3 Å². The summed E-state index contributed by atoms with van der Waals surface area (Å²) in [6.45, 7) is 7.44. The SMILES string of the molecule is COc1cc2cc(c1Cl)N(C)C(=O)C[C@H](OC(=O)[C@H](C)N(C)C(=O)CCSCCC(=O)N(C)CCN(C)C(=O)CCCCCN1C(=O)C=C(Cl)S1(=O)=O)[C@]1(C)O[C@H]1[C@H](C)C1CC(O)(NC(=O)O1)[C@H](OC)/C=C/C=C(\C)C2. The smallest absolute Gasteiger partial charge is 0.409 e. The molecule has 2 fully saturated rings. The van der Waals surface area contributed by atoms with Gasteiger partial charge in [-0.05, 0) is 57.7 Å². The number of likely N-dealkylation sites (N-methyl/N-ethyl adjacent to an activating group) is 3. The van der Waals surface area contributed by atoms with E-state index in [0.717, 1.165) is 21.5 Å². The van der Waals surface area contributed by atoms with Crippen molar-refractivity contribution in [1.29, 1.82) is 0 Å². The molecule has 8 atom stereocenters. The van der Waals surface area contributed by atoms with Gasteiger partial charge in [0.05, 0.1) is 25.3 Å². The maximum atomic E-state index is 14.3. The van der Waals surface area contributed by atoms with Gasteiger partial charge in [0, 0.05) is 104 Å². The van der Waals surface area contributed by atoms with Gasteiger partial charge in [0.1, 0.15) is 40.7 Å². The summed E-state index contributed by atoms with van der Waals surface area (Å²) >= 11 is 13.8. The summed E-state index contributed by atoms with van der Waals surface area (Å²) in [5.74, 6) is -2.10. The van der Waals surface area contributed by atoms with Crippen molar-refractivity contribution in [3.63, 3.8) is 0 Å². The highest BCUT2D eigenvalue weighted by Crippen LogP contribution is 2.49. The lowest BCUT2D eigenvalue weighted by atomic mass is 9.83. The molecular formula is C51H72Cl2N6O15S2. The van der Waals surface area contributed by atoms with Crippen molar-refractivity contribution in [2.75, 3.05) is 78.5 Å². The molecule has 0 saturated carbocycles. The van der Waals surface area contributed by atoms with Crippen molar-refractivity contribution in [1.82, 2.24) is 24.3 Å². The number of esters is 1. The first-order valence-corrected chi connectivity index (χ1v) is 28.4. The van der Waals surface area contributed by atoms with E-state index in [-0.39, 0.29) is 61.4 Å². The molecule has 2 N–H and O–H groups in total. The van der Waals surface area contributed by atoms with Crippen LogP contribution in [-0.2, 0) is 64.2 Å². The quantitative estimate of drug-likeness (QED) is 0.101. The van der Waals surface area contributed by atoms with Crippen LogP contribution in [0.3, 0.4) is 0 Å². The molecule has 0 radical (unpaired) electrons. The van der Waals surface area contributed by atoms with Gasteiger partial charge in [-0.3, -0.25) is 29.3 Å². The van der Waals surface area contributed by atoms with Crippen LogP contribution in [0.25, 0.3) is 0 Å². The van der Waals surface area contributed by atoms with Crippen LogP contribution in [0.4, 0.5) is 10.5 Å². The molecule has 2 saturated heterocycles. The molecule has 422 valence electrons. The van der Waals surface area contributed by atoms with Crippen molar-refractivity contribution in [2.45, 2.75) is 127 Å².